The average molecular weight is 762 g/mol. The van der Waals surface area contributed by atoms with Gasteiger partial charge in [-0.1, -0.05) is 67.0 Å². The molecule has 0 saturated heterocycles. The van der Waals surface area contributed by atoms with E-state index < -0.39 is 10.1 Å². The van der Waals surface area contributed by atoms with E-state index in [-0.39, 0.29) is 4.90 Å². The highest BCUT2D eigenvalue weighted by atomic mass is 32.2. The van der Waals surface area contributed by atoms with Gasteiger partial charge in [-0.3, -0.25) is 14.4 Å². The lowest BCUT2D eigenvalue weighted by molar-refractivity contribution is 0.318. The van der Waals surface area contributed by atoms with Crippen LogP contribution in [0.15, 0.2) is 131 Å². The van der Waals surface area contributed by atoms with Crippen molar-refractivity contribution in [1.82, 2.24) is 25.1 Å². The summed E-state index contributed by atoms with van der Waals surface area (Å²) in [6.45, 7) is 11.1. The van der Waals surface area contributed by atoms with Gasteiger partial charge in [-0.15, -0.1) is 0 Å². The van der Waals surface area contributed by atoms with E-state index >= 15 is 0 Å². The molecule has 0 atom stereocenters. The van der Waals surface area contributed by atoms with Crippen LogP contribution >= 0.6 is 0 Å². The van der Waals surface area contributed by atoms with Gasteiger partial charge in [-0.2, -0.15) is 28.5 Å². The number of hydrogen-bond acceptors (Lipinski definition) is 10. The fourth-order valence-corrected chi connectivity index (χ4v) is 6.09. The lowest BCUT2D eigenvalue weighted by atomic mass is 10.1. The minimum Gasteiger partial charge on any atom is -0.493 e. The maximum atomic E-state index is 12.2. The third-order valence-electron chi connectivity index (χ3n) is 7.96. The Morgan fingerprint density at radius 3 is 1.98 bits per heavy atom. The summed E-state index contributed by atoms with van der Waals surface area (Å²) >= 11 is 0. The first-order valence-corrected chi connectivity index (χ1v) is 19.6. The highest BCUT2D eigenvalue weighted by molar-refractivity contribution is 7.86. The average Bonchev–Trinajstić information content (AvgIpc) is 3.92. The number of rotatable bonds is 13. The molecule has 1 N–H and O–H groups in total. The van der Waals surface area contributed by atoms with Crippen LogP contribution in [0.5, 0.6) is 11.5 Å². The number of pyridine rings is 1. The van der Waals surface area contributed by atoms with Crippen LogP contribution in [-0.2, 0) is 27.2 Å². The fourth-order valence-electron chi connectivity index (χ4n) is 5.31. The standard InChI is InChI=1S/C22H25N3O4S.C15H17N3O.C5H5N/c1-4-13-28-22-8-6-5-7-20(22)21-15-18(23-24-21)14-17(3)25-29-30(26,27)19-11-9-16(2)10-12-19;1-3-8-19-15-7-5-4-6-13(15)14-10-12-9-11(2)16-18(12)17-14;1-2-4-6-5-3-1/h5-12,15H,4,13-14H2,1-3H3,(H,23,24);4-7,10H,3,8-9H2,1-2H3;1-5H. The third kappa shape index (κ3) is 11.7. The number of fused-ring (bicyclic) bond motifs is 1. The molecule has 0 aliphatic carbocycles. The molecule has 0 unspecified atom stereocenters. The normalized spacial score (nSPS) is 12.0. The number of H-pyrrole nitrogens is 1. The largest absolute Gasteiger partial charge is 0.493 e. The minimum absolute atomic E-state index is 0.0668. The van der Waals surface area contributed by atoms with E-state index in [1.165, 1.54) is 12.1 Å². The Morgan fingerprint density at radius 2 is 1.42 bits per heavy atom. The molecular weight excluding hydrogens is 715 g/mol. The first-order chi connectivity index (χ1) is 26.7. The quantitative estimate of drug-likeness (QED) is 0.0909. The number of aryl methyl sites for hydroxylation is 1. The van der Waals surface area contributed by atoms with Crippen molar-refractivity contribution < 1.29 is 22.2 Å². The second-order valence-electron chi connectivity index (χ2n) is 12.8. The van der Waals surface area contributed by atoms with Crippen LogP contribution in [0, 0.1) is 6.92 Å². The van der Waals surface area contributed by atoms with E-state index in [1.54, 1.807) is 36.2 Å². The minimum atomic E-state index is -3.95. The molecule has 6 aromatic rings. The van der Waals surface area contributed by atoms with Crippen LogP contribution in [0.2, 0.25) is 0 Å². The zero-order chi connectivity index (χ0) is 39.0. The second-order valence-corrected chi connectivity index (χ2v) is 14.3. The summed E-state index contributed by atoms with van der Waals surface area (Å²) in [6.07, 6.45) is 6.66. The van der Waals surface area contributed by atoms with Gasteiger partial charge in [0, 0.05) is 47.8 Å². The zero-order valence-electron chi connectivity index (χ0n) is 31.8. The number of benzene rings is 3. The van der Waals surface area contributed by atoms with Gasteiger partial charge < -0.3 is 9.47 Å². The number of aromatic amines is 1. The second kappa shape index (κ2) is 19.8. The maximum absolute atomic E-state index is 12.2. The monoisotopic (exact) mass is 761 g/mol. The molecule has 0 spiro atoms. The number of para-hydroxylation sites is 2. The van der Waals surface area contributed by atoms with Crippen LogP contribution in [0.3, 0.4) is 0 Å². The number of hydrogen-bond donors (Lipinski definition) is 1. The summed E-state index contributed by atoms with van der Waals surface area (Å²) < 4.78 is 40.9. The summed E-state index contributed by atoms with van der Waals surface area (Å²) in [5, 5.41) is 20.0. The van der Waals surface area contributed by atoms with Crippen molar-refractivity contribution in [1.29, 1.82) is 0 Å². The highest BCUT2D eigenvalue weighted by Crippen LogP contribution is 2.31. The molecule has 13 heteroatoms. The van der Waals surface area contributed by atoms with Crippen LogP contribution in [0.25, 0.3) is 22.5 Å². The SMILES string of the molecule is CCCOc1ccccc1-c1cc(CC(C)=NOS(=O)(=O)c2ccc(C)cc2)[nH]n1.CCCOc1ccccc1-c1cc2n(n1)N=C(C)C2.c1ccncc1. The molecule has 1 aliphatic heterocycles. The van der Waals surface area contributed by atoms with E-state index in [1.807, 2.05) is 86.6 Å². The Labute approximate surface area is 323 Å². The van der Waals surface area contributed by atoms with Gasteiger partial charge in [-0.25, -0.2) is 0 Å². The van der Waals surface area contributed by atoms with E-state index in [2.05, 4.69) is 50.5 Å². The molecule has 3 aromatic heterocycles. The van der Waals surface area contributed by atoms with Gasteiger partial charge in [0.25, 0.3) is 0 Å². The van der Waals surface area contributed by atoms with Crippen molar-refractivity contribution >= 4 is 21.5 Å². The number of ether oxygens (including phenoxy) is 2. The molecule has 12 nitrogen and oxygen atoms in total. The van der Waals surface area contributed by atoms with E-state index in [9.17, 15) is 8.42 Å². The third-order valence-corrected chi connectivity index (χ3v) is 9.08. The van der Waals surface area contributed by atoms with E-state index in [4.69, 9.17) is 13.8 Å². The molecule has 0 amide bonds. The fraction of sp³-hybridized carbons (Fsp3) is 0.262. The zero-order valence-corrected chi connectivity index (χ0v) is 32.7. The molecule has 7 rings (SSSR count). The summed E-state index contributed by atoms with van der Waals surface area (Å²) in [5.41, 5.74) is 8.08. The number of oxime groups is 1. The summed E-state index contributed by atoms with van der Waals surface area (Å²) in [4.78, 5) is 5.58. The topological polar surface area (TPSA) is 146 Å². The van der Waals surface area contributed by atoms with Gasteiger partial charge in [0.15, 0.2) is 0 Å². The van der Waals surface area contributed by atoms with Crippen molar-refractivity contribution in [3.63, 3.8) is 0 Å². The van der Waals surface area contributed by atoms with Crippen molar-refractivity contribution in [2.24, 2.45) is 10.3 Å². The van der Waals surface area contributed by atoms with Crippen LogP contribution in [0.1, 0.15) is 57.5 Å². The molecule has 286 valence electrons. The number of aromatic nitrogens is 5. The molecular formula is C42H47N7O5S. The lowest BCUT2D eigenvalue weighted by Gasteiger charge is -2.08. The smallest absolute Gasteiger partial charge is 0.358 e. The summed E-state index contributed by atoms with van der Waals surface area (Å²) in [6, 6.07) is 31.8. The lowest BCUT2D eigenvalue weighted by Crippen LogP contribution is -2.06. The summed E-state index contributed by atoms with van der Waals surface area (Å²) in [7, 11) is -3.95. The van der Waals surface area contributed by atoms with Gasteiger partial charge in [0.2, 0.25) is 0 Å². The Hall–Kier alpha value is -6.08. The molecule has 3 aromatic carbocycles. The molecule has 55 heavy (non-hydrogen) atoms. The Kier molecular flexibility index (Phi) is 14.5. The molecule has 0 saturated carbocycles. The predicted octanol–water partition coefficient (Wildman–Crippen LogP) is 8.70. The number of nitrogens with zero attached hydrogens (tertiary/aromatic N) is 6. The van der Waals surface area contributed by atoms with Crippen LogP contribution in [0.4, 0.5) is 0 Å². The first kappa shape index (κ1) is 40.1. The van der Waals surface area contributed by atoms with E-state index in [0.717, 1.165) is 82.5 Å². The van der Waals surface area contributed by atoms with Crippen molar-refractivity contribution in [3.05, 3.63) is 132 Å². The van der Waals surface area contributed by atoms with Crippen LogP contribution < -0.4 is 9.47 Å². The van der Waals surface area contributed by atoms with Gasteiger partial charge in [0.05, 0.1) is 36.0 Å². The Balaban J connectivity index is 0.000000195. The van der Waals surface area contributed by atoms with Gasteiger partial charge >= 0.3 is 10.1 Å². The first-order valence-electron chi connectivity index (χ1n) is 18.2. The highest BCUT2D eigenvalue weighted by Gasteiger charge is 2.18. The van der Waals surface area contributed by atoms with Gasteiger partial charge in [0.1, 0.15) is 16.4 Å². The van der Waals surface area contributed by atoms with Crippen molar-refractivity contribution in [3.8, 4) is 34.0 Å². The number of nitrogens with one attached hydrogen (secondary N) is 1. The molecule has 1 aliphatic rings. The molecule has 0 radical (unpaired) electrons. The van der Waals surface area contributed by atoms with Crippen molar-refractivity contribution in [2.75, 3.05) is 13.2 Å². The molecule has 4 heterocycles. The Bertz CT molecular complexity index is 2260. The van der Waals surface area contributed by atoms with Crippen molar-refractivity contribution in [2.45, 2.75) is 65.2 Å². The predicted molar refractivity (Wildman–Crippen MR) is 216 cm³/mol. The van der Waals surface area contributed by atoms with E-state index in [0.29, 0.717) is 18.7 Å². The summed E-state index contributed by atoms with van der Waals surface area (Å²) in [5.74, 6) is 1.66. The molecule has 0 fully saturated rings. The van der Waals surface area contributed by atoms with Crippen LogP contribution in [-0.4, -0.2) is 58.1 Å². The maximum Gasteiger partial charge on any atom is 0.358 e. The van der Waals surface area contributed by atoms with Gasteiger partial charge in [-0.05, 0) is 94.3 Å². The molecule has 0 bridgehead atoms. The Morgan fingerprint density at radius 1 is 0.800 bits per heavy atom.